The molecule has 4 nitrogen and oxygen atoms in total. The Labute approximate surface area is 121 Å². The maximum atomic E-state index is 5.74. The zero-order valence-corrected chi connectivity index (χ0v) is 12.5. The summed E-state index contributed by atoms with van der Waals surface area (Å²) in [4.78, 5) is 4.67. The van der Waals surface area contributed by atoms with Crippen LogP contribution in [-0.2, 0) is 4.84 Å². The van der Waals surface area contributed by atoms with Crippen molar-refractivity contribution in [1.82, 2.24) is 0 Å². The molecule has 0 atom stereocenters. The summed E-state index contributed by atoms with van der Waals surface area (Å²) < 4.78 is 11.3. The van der Waals surface area contributed by atoms with E-state index in [1.807, 2.05) is 25.1 Å². The van der Waals surface area contributed by atoms with Gasteiger partial charge in [0, 0.05) is 5.56 Å². The Hall–Kier alpha value is -1.97. The van der Waals surface area contributed by atoms with Gasteiger partial charge in [-0.1, -0.05) is 24.2 Å². The standard InChI is InChI=1S/C16H23NO3/c1-4-6-7-8-11-20-15-10-9-14(13-17-18-3)12-16(15)19-5-2/h6-7,9-10,12-13H,4-5,8,11H2,1-3H3/b7-6-,17-13?. The Morgan fingerprint density at radius 1 is 1.10 bits per heavy atom. The molecule has 0 N–H and O–H groups in total. The highest BCUT2D eigenvalue weighted by Gasteiger charge is 2.05. The quantitative estimate of drug-likeness (QED) is 0.298. The monoisotopic (exact) mass is 277 g/mol. The molecule has 0 saturated carbocycles. The molecule has 0 unspecified atom stereocenters. The molecule has 1 aromatic carbocycles. The first-order chi connectivity index (χ1) is 9.81. The summed E-state index contributed by atoms with van der Waals surface area (Å²) in [5.41, 5.74) is 0.911. The first-order valence-electron chi connectivity index (χ1n) is 6.93. The predicted octanol–water partition coefficient (Wildman–Crippen LogP) is 3.80. The van der Waals surface area contributed by atoms with Gasteiger partial charge in [0.1, 0.15) is 7.11 Å². The van der Waals surface area contributed by atoms with E-state index in [-0.39, 0.29) is 0 Å². The molecule has 0 aromatic heterocycles. The second-order valence-electron chi connectivity index (χ2n) is 4.07. The molecule has 4 heteroatoms. The fraction of sp³-hybridized carbons (Fsp3) is 0.438. The largest absolute Gasteiger partial charge is 0.490 e. The molecular weight excluding hydrogens is 254 g/mol. The number of hydrogen-bond acceptors (Lipinski definition) is 4. The summed E-state index contributed by atoms with van der Waals surface area (Å²) in [6.07, 6.45) is 7.84. The summed E-state index contributed by atoms with van der Waals surface area (Å²) >= 11 is 0. The topological polar surface area (TPSA) is 40.0 Å². The van der Waals surface area contributed by atoms with Gasteiger partial charge in [-0.3, -0.25) is 0 Å². The smallest absolute Gasteiger partial charge is 0.161 e. The lowest BCUT2D eigenvalue weighted by atomic mass is 10.2. The predicted molar refractivity (Wildman–Crippen MR) is 81.8 cm³/mol. The van der Waals surface area contributed by atoms with Gasteiger partial charge in [0.15, 0.2) is 11.5 Å². The molecule has 0 fully saturated rings. The second-order valence-corrected chi connectivity index (χ2v) is 4.07. The van der Waals surface area contributed by atoms with Gasteiger partial charge in [0.05, 0.1) is 19.4 Å². The number of rotatable bonds is 9. The van der Waals surface area contributed by atoms with Crippen LogP contribution in [0.15, 0.2) is 35.5 Å². The fourth-order valence-electron chi connectivity index (χ4n) is 1.63. The SMILES string of the molecule is CC/C=C\CCOc1ccc(C=NOC)cc1OCC. The van der Waals surface area contributed by atoms with Crippen molar-refractivity contribution in [2.24, 2.45) is 5.16 Å². The van der Waals surface area contributed by atoms with Crippen LogP contribution in [0.2, 0.25) is 0 Å². The Balaban J connectivity index is 2.68. The lowest BCUT2D eigenvalue weighted by Gasteiger charge is -2.11. The van der Waals surface area contributed by atoms with Crippen molar-refractivity contribution in [3.63, 3.8) is 0 Å². The molecule has 1 rings (SSSR count). The van der Waals surface area contributed by atoms with E-state index in [4.69, 9.17) is 9.47 Å². The molecule has 0 radical (unpaired) electrons. The summed E-state index contributed by atoms with van der Waals surface area (Å²) in [6, 6.07) is 5.71. The van der Waals surface area contributed by atoms with Gasteiger partial charge in [-0.25, -0.2) is 0 Å². The van der Waals surface area contributed by atoms with Crippen molar-refractivity contribution in [3.8, 4) is 11.5 Å². The molecule has 20 heavy (non-hydrogen) atoms. The summed E-state index contributed by atoms with van der Waals surface area (Å²) in [6.45, 7) is 5.30. The van der Waals surface area contributed by atoms with Gasteiger partial charge in [-0.05, 0) is 38.0 Å². The highest BCUT2D eigenvalue weighted by Crippen LogP contribution is 2.28. The number of oxime groups is 1. The number of hydrogen-bond donors (Lipinski definition) is 0. The van der Waals surface area contributed by atoms with Gasteiger partial charge >= 0.3 is 0 Å². The van der Waals surface area contributed by atoms with Crippen LogP contribution in [0.5, 0.6) is 11.5 Å². The molecule has 0 aliphatic carbocycles. The Kier molecular flexibility index (Phi) is 7.96. The molecule has 1 aromatic rings. The third-order valence-corrected chi connectivity index (χ3v) is 2.52. The minimum atomic E-state index is 0.594. The van der Waals surface area contributed by atoms with Crippen LogP contribution in [0.3, 0.4) is 0 Å². The lowest BCUT2D eigenvalue weighted by Crippen LogP contribution is -2.01. The lowest BCUT2D eigenvalue weighted by molar-refractivity contribution is 0.215. The third kappa shape index (κ3) is 5.78. The van der Waals surface area contributed by atoms with Crippen LogP contribution in [0.1, 0.15) is 32.3 Å². The molecule has 0 aliphatic heterocycles. The van der Waals surface area contributed by atoms with Gasteiger partial charge in [-0.15, -0.1) is 0 Å². The number of nitrogens with zero attached hydrogens (tertiary/aromatic N) is 1. The molecule has 0 aliphatic rings. The fourth-order valence-corrected chi connectivity index (χ4v) is 1.63. The van der Waals surface area contributed by atoms with Crippen LogP contribution in [0, 0.1) is 0 Å². The van der Waals surface area contributed by atoms with Crippen LogP contribution in [0.4, 0.5) is 0 Å². The van der Waals surface area contributed by atoms with Gasteiger partial charge in [0.25, 0.3) is 0 Å². The maximum Gasteiger partial charge on any atom is 0.161 e. The van der Waals surface area contributed by atoms with Crippen molar-refractivity contribution >= 4 is 6.21 Å². The van der Waals surface area contributed by atoms with E-state index in [9.17, 15) is 0 Å². The molecule has 0 saturated heterocycles. The van der Waals surface area contributed by atoms with E-state index in [0.717, 1.165) is 29.9 Å². The number of ether oxygens (including phenoxy) is 2. The minimum Gasteiger partial charge on any atom is -0.490 e. The summed E-state index contributed by atoms with van der Waals surface area (Å²) in [5.74, 6) is 1.48. The highest BCUT2D eigenvalue weighted by atomic mass is 16.6. The van der Waals surface area contributed by atoms with Crippen LogP contribution >= 0.6 is 0 Å². The van der Waals surface area contributed by atoms with Gasteiger partial charge < -0.3 is 14.3 Å². The van der Waals surface area contributed by atoms with Crippen molar-refractivity contribution in [3.05, 3.63) is 35.9 Å². The maximum absolute atomic E-state index is 5.74. The van der Waals surface area contributed by atoms with Crippen LogP contribution in [-0.4, -0.2) is 26.5 Å². The Morgan fingerprint density at radius 2 is 1.95 bits per heavy atom. The third-order valence-electron chi connectivity index (χ3n) is 2.52. The first-order valence-corrected chi connectivity index (χ1v) is 6.93. The average Bonchev–Trinajstić information content (AvgIpc) is 2.47. The van der Waals surface area contributed by atoms with E-state index < -0.39 is 0 Å². The molecule has 0 spiro atoms. The number of benzene rings is 1. The first kappa shape index (κ1) is 16.1. The van der Waals surface area contributed by atoms with E-state index >= 15 is 0 Å². The van der Waals surface area contributed by atoms with E-state index in [0.29, 0.717) is 13.2 Å². The van der Waals surface area contributed by atoms with Crippen molar-refractivity contribution in [1.29, 1.82) is 0 Å². The van der Waals surface area contributed by atoms with Crippen molar-refractivity contribution in [2.75, 3.05) is 20.3 Å². The second kappa shape index (κ2) is 9.89. The molecular formula is C16H23NO3. The zero-order valence-electron chi connectivity index (χ0n) is 12.5. The Morgan fingerprint density at radius 3 is 2.65 bits per heavy atom. The molecule has 0 bridgehead atoms. The Bertz CT molecular complexity index is 441. The van der Waals surface area contributed by atoms with E-state index in [2.05, 4.69) is 29.1 Å². The number of allylic oxidation sites excluding steroid dienone is 1. The van der Waals surface area contributed by atoms with E-state index in [1.54, 1.807) is 6.21 Å². The highest BCUT2D eigenvalue weighted by molar-refractivity contribution is 5.80. The van der Waals surface area contributed by atoms with Crippen LogP contribution < -0.4 is 9.47 Å². The van der Waals surface area contributed by atoms with Gasteiger partial charge in [-0.2, -0.15) is 0 Å². The molecule has 110 valence electrons. The van der Waals surface area contributed by atoms with Crippen molar-refractivity contribution in [2.45, 2.75) is 26.7 Å². The zero-order chi connectivity index (χ0) is 14.6. The summed E-state index contributed by atoms with van der Waals surface area (Å²) in [7, 11) is 1.52. The normalized spacial score (nSPS) is 11.2. The average molecular weight is 277 g/mol. The summed E-state index contributed by atoms with van der Waals surface area (Å²) in [5, 5.41) is 3.74. The van der Waals surface area contributed by atoms with E-state index in [1.165, 1.54) is 7.11 Å². The molecule has 0 heterocycles. The van der Waals surface area contributed by atoms with Crippen LogP contribution in [0.25, 0.3) is 0 Å². The van der Waals surface area contributed by atoms with Crippen molar-refractivity contribution < 1.29 is 14.3 Å². The minimum absolute atomic E-state index is 0.594. The van der Waals surface area contributed by atoms with Gasteiger partial charge in [0.2, 0.25) is 0 Å². The molecule has 0 amide bonds.